The zero-order chi connectivity index (χ0) is 19.1. The van der Waals surface area contributed by atoms with Crippen LogP contribution in [-0.2, 0) is 15.6 Å². The van der Waals surface area contributed by atoms with E-state index in [1.54, 1.807) is 31.3 Å². The van der Waals surface area contributed by atoms with Crippen LogP contribution in [0.3, 0.4) is 0 Å². The summed E-state index contributed by atoms with van der Waals surface area (Å²) in [6, 6.07) is 6.78. The van der Waals surface area contributed by atoms with Crippen LogP contribution in [0.25, 0.3) is 11.5 Å². The minimum absolute atomic E-state index is 0. The third-order valence-electron chi connectivity index (χ3n) is 5.96. The molecule has 2 aromatic rings. The Labute approximate surface area is 172 Å². The summed E-state index contributed by atoms with van der Waals surface area (Å²) in [5.74, 6) is 0.801. The molecule has 2 aliphatic carbocycles. The van der Waals surface area contributed by atoms with E-state index in [1.807, 2.05) is 0 Å². The van der Waals surface area contributed by atoms with Gasteiger partial charge in [-0.1, -0.05) is 30.5 Å². The lowest BCUT2D eigenvalue weighted by Gasteiger charge is -2.34. The number of nitrogens with zero attached hydrogens (tertiary/aromatic N) is 3. The van der Waals surface area contributed by atoms with Crippen LogP contribution in [0.4, 0.5) is 0 Å². The topological polar surface area (TPSA) is 102 Å². The number of hydrogen-bond donors (Lipinski definition) is 1. The van der Waals surface area contributed by atoms with Crippen molar-refractivity contribution in [3.63, 3.8) is 0 Å². The smallest absolute Gasteiger partial charge is 0.258 e. The van der Waals surface area contributed by atoms with Gasteiger partial charge in [-0.2, -0.15) is 9.29 Å². The molecule has 0 radical (unpaired) electrons. The van der Waals surface area contributed by atoms with Gasteiger partial charge in [-0.05, 0) is 50.3 Å². The fourth-order valence-electron chi connectivity index (χ4n) is 3.92. The van der Waals surface area contributed by atoms with Gasteiger partial charge in [0.1, 0.15) is 0 Å². The third-order valence-corrected chi connectivity index (χ3v) is 7.87. The van der Waals surface area contributed by atoms with Gasteiger partial charge in [0.05, 0.1) is 10.4 Å². The molecule has 7 nitrogen and oxygen atoms in total. The molecule has 1 aromatic heterocycles. The highest BCUT2D eigenvalue weighted by Gasteiger charge is 2.39. The molecule has 1 aromatic carbocycles. The van der Waals surface area contributed by atoms with Gasteiger partial charge in [0, 0.05) is 18.7 Å². The largest absolute Gasteiger partial charge is 0.334 e. The predicted molar refractivity (Wildman–Crippen MR) is 109 cm³/mol. The first-order valence-corrected chi connectivity index (χ1v) is 11.1. The maximum atomic E-state index is 13.1. The summed E-state index contributed by atoms with van der Waals surface area (Å²) in [5.41, 5.74) is 6.33. The van der Waals surface area contributed by atoms with E-state index in [9.17, 15) is 8.42 Å². The Morgan fingerprint density at radius 1 is 1.18 bits per heavy atom. The van der Waals surface area contributed by atoms with Gasteiger partial charge in [0.25, 0.3) is 5.89 Å². The van der Waals surface area contributed by atoms with E-state index in [0.29, 0.717) is 17.3 Å². The molecule has 2 fully saturated rings. The molecule has 1 heterocycles. The standard InChI is InChI=1S/C19H26N4O3S.ClH/c1-23(15-8-3-2-4-9-15)27(24,25)16-10-5-7-14(13-16)17-21-18(22-26-17)19(20)11-6-12-19;/h5,7,10,13,15H,2-4,6,8-9,11-12,20H2,1H3;1H. The molecular weight excluding hydrogens is 400 g/mol. The number of halogens is 1. The van der Waals surface area contributed by atoms with E-state index in [0.717, 1.165) is 44.9 Å². The summed E-state index contributed by atoms with van der Waals surface area (Å²) < 4.78 is 33.0. The van der Waals surface area contributed by atoms with Crippen molar-refractivity contribution in [1.82, 2.24) is 14.4 Å². The molecule has 154 valence electrons. The number of nitrogens with two attached hydrogens (primary N) is 1. The van der Waals surface area contributed by atoms with Gasteiger partial charge in [-0.3, -0.25) is 0 Å². The minimum Gasteiger partial charge on any atom is -0.334 e. The van der Waals surface area contributed by atoms with Gasteiger partial charge >= 0.3 is 0 Å². The van der Waals surface area contributed by atoms with E-state index >= 15 is 0 Å². The molecule has 0 amide bonds. The summed E-state index contributed by atoms with van der Waals surface area (Å²) >= 11 is 0. The number of aromatic nitrogens is 2. The number of benzene rings is 1. The van der Waals surface area contributed by atoms with Crippen molar-refractivity contribution >= 4 is 22.4 Å². The van der Waals surface area contributed by atoms with Crippen LogP contribution in [0.15, 0.2) is 33.7 Å². The van der Waals surface area contributed by atoms with Crippen molar-refractivity contribution in [2.45, 2.75) is 67.8 Å². The van der Waals surface area contributed by atoms with Crippen LogP contribution < -0.4 is 5.73 Å². The lowest BCUT2D eigenvalue weighted by Crippen LogP contribution is -2.44. The van der Waals surface area contributed by atoms with Gasteiger partial charge in [-0.25, -0.2) is 8.42 Å². The Morgan fingerprint density at radius 3 is 2.54 bits per heavy atom. The lowest BCUT2D eigenvalue weighted by atomic mass is 9.77. The molecular formula is C19H27ClN4O3S. The van der Waals surface area contributed by atoms with Crippen molar-refractivity contribution in [1.29, 1.82) is 0 Å². The van der Waals surface area contributed by atoms with Gasteiger partial charge in [0.2, 0.25) is 10.0 Å². The Balaban J connectivity index is 0.00000225. The van der Waals surface area contributed by atoms with E-state index < -0.39 is 15.6 Å². The molecule has 0 aliphatic heterocycles. The molecule has 0 saturated heterocycles. The average Bonchev–Trinajstić information content (AvgIpc) is 3.17. The predicted octanol–water partition coefficient (Wildman–Crippen LogP) is 3.45. The Morgan fingerprint density at radius 2 is 1.89 bits per heavy atom. The van der Waals surface area contributed by atoms with Crippen molar-refractivity contribution in [2.24, 2.45) is 5.73 Å². The fourth-order valence-corrected chi connectivity index (χ4v) is 5.38. The number of hydrogen-bond acceptors (Lipinski definition) is 6. The molecule has 28 heavy (non-hydrogen) atoms. The fraction of sp³-hybridized carbons (Fsp3) is 0.579. The molecule has 0 spiro atoms. The zero-order valence-electron chi connectivity index (χ0n) is 16.0. The molecule has 2 N–H and O–H groups in total. The maximum absolute atomic E-state index is 13.1. The number of sulfonamides is 1. The first-order chi connectivity index (χ1) is 12.9. The Bertz CT molecular complexity index is 921. The SMILES string of the molecule is CN(C1CCCCC1)S(=O)(=O)c1cccc(-c2nc(C3(N)CCC3)no2)c1.Cl. The number of rotatable bonds is 5. The summed E-state index contributed by atoms with van der Waals surface area (Å²) in [5, 5.41) is 4.02. The summed E-state index contributed by atoms with van der Waals surface area (Å²) in [7, 11) is -1.89. The van der Waals surface area contributed by atoms with Crippen LogP contribution in [0.1, 0.15) is 57.2 Å². The first kappa shape index (κ1) is 21.2. The Kier molecular flexibility index (Phi) is 6.14. The van der Waals surface area contributed by atoms with Crippen LogP contribution in [0.2, 0.25) is 0 Å². The highest BCUT2D eigenvalue weighted by atomic mass is 35.5. The summed E-state index contributed by atoms with van der Waals surface area (Å²) in [6.45, 7) is 0. The zero-order valence-corrected chi connectivity index (χ0v) is 17.6. The maximum Gasteiger partial charge on any atom is 0.258 e. The summed E-state index contributed by atoms with van der Waals surface area (Å²) in [4.78, 5) is 4.67. The highest BCUT2D eigenvalue weighted by Crippen LogP contribution is 2.38. The van der Waals surface area contributed by atoms with Gasteiger partial charge in [0.15, 0.2) is 5.82 Å². The third kappa shape index (κ3) is 3.83. The van der Waals surface area contributed by atoms with E-state index in [-0.39, 0.29) is 23.3 Å². The quantitative estimate of drug-likeness (QED) is 0.785. The second kappa shape index (κ2) is 8.10. The summed E-state index contributed by atoms with van der Waals surface area (Å²) in [6.07, 6.45) is 7.91. The van der Waals surface area contributed by atoms with Crippen molar-refractivity contribution in [2.75, 3.05) is 7.05 Å². The van der Waals surface area contributed by atoms with Crippen LogP contribution in [0, 0.1) is 0 Å². The average molecular weight is 427 g/mol. The van der Waals surface area contributed by atoms with Gasteiger partial charge in [-0.15, -0.1) is 12.4 Å². The van der Waals surface area contributed by atoms with Gasteiger partial charge < -0.3 is 10.3 Å². The van der Waals surface area contributed by atoms with E-state index in [4.69, 9.17) is 10.3 Å². The monoisotopic (exact) mass is 426 g/mol. The van der Waals surface area contributed by atoms with Crippen LogP contribution >= 0.6 is 12.4 Å². The molecule has 2 saturated carbocycles. The van der Waals surface area contributed by atoms with Crippen molar-refractivity contribution < 1.29 is 12.9 Å². The lowest BCUT2D eigenvalue weighted by molar-refractivity contribution is 0.229. The van der Waals surface area contributed by atoms with E-state index in [2.05, 4.69) is 10.1 Å². The first-order valence-electron chi connectivity index (χ1n) is 9.62. The second-order valence-corrected chi connectivity index (χ2v) is 9.77. The highest BCUT2D eigenvalue weighted by molar-refractivity contribution is 7.89. The molecule has 4 rings (SSSR count). The second-order valence-electron chi connectivity index (χ2n) is 7.77. The Hall–Kier alpha value is -1.48. The van der Waals surface area contributed by atoms with Crippen molar-refractivity contribution in [3.05, 3.63) is 30.1 Å². The van der Waals surface area contributed by atoms with Crippen LogP contribution in [0.5, 0.6) is 0 Å². The van der Waals surface area contributed by atoms with Crippen molar-refractivity contribution in [3.8, 4) is 11.5 Å². The molecule has 2 aliphatic rings. The minimum atomic E-state index is -3.57. The normalized spacial score (nSPS) is 19.8. The van der Waals surface area contributed by atoms with E-state index in [1.165, 1.54) is 10.7 Å². The molecule has 0 unspecified atom stereocenters. The molecule has 0 atom stereocenters. The molecule has 0 bridgehead atoms. The molecule has 9 heteroatoms. The van der Waals surface area contributed by atoms with Crippen LogP contribution in [-0.4, -0.2) is 36.0 Å².